The molecule has 0 radical (unpaired) electrons. The standard InChI is InChI=1S/C18H18N4O2/c1-2-21-10-9-19-16(21)17-20-15-8-4-3-7-14(15)18(23)22(17)12-13-6-5-11-24-13/h3-11,17,20H,2,12H2,1H3/t17-/m0/s1. The van der Waals surface area contributed by atoms with Crippen LogP contribution in [0.3, 0.4) is 0 Å². The van der Waals surface area contributed by atoms with Crippen LogP contribution in [0.1, 0.15) is 35.0 Å². The second kappa shape index (κ2) is 5.88. The van der Waals surface area contributed by atoms with Crippen molar-refractivity contribution in [3.63, 3.8) is 0 Å². The first-order valence-electron chi connectivity index (χ1n) is 7.98. The summed E-state index contributed by atoms with van der Waals surface area (Å²) >= 11 is 0. The number of anilines is 1. The lowest BCUT2D eigenvalue weighted by atomic mass is 10.1. The highest BCUT2D eigenvalue weighted by atomic mass is 16.3. The number of aromatic nitrogens is 2. The summed E-state index contributed by atoms with van der Waals surface area (Å²) in [5.41, 5.74) is 1.49. The maximum absolute atomic E-state index is 13.1. The summed E-state index contributed by atoms with van der Waals surface area (Å²) in [6.07, 6.45) is 4.96. The zero-order valence-electron chi connectivity index (χ0n) is 13.3. The second-order valence-electron chi connectivity index (χ2n) is 5.68. The molecule has 0 saturated carbocycles. The van der Waals surface area contributed by atoms with E-state index < -0.39 is 0 Å². The van der Waals surface area contributed by atoms with Gasteiger partial charge in [-0.3, -0.25) is 4.79 Å². The zero-order chi connectivity index (χ0) is 16.5. The molecule has 0 spiro atoms. The molecule has 1 aliphatic heterocycles. The topological polar surface area (TPSA) is 63.3 Å². The molecule has 1 atom stereocenters. The molecule has 1 aliphatic rings. The van der Waals surface area contributed by atoms with E-state index >= 15 is 0 Å². The van der Waals surface area contributed by atoms with Crippen LogP contribution in [-0.2, 0) is 13.1 Å². The Morgan fingerprint density at radius 3 is 2.92 bits per heavy atom. The van der Waals surface area contributed by atoms with Gasteiger partial charge in [0.15, 0.2) is 12.0 Å². The molecule has 0 bridgehead atoms. The van der Waals surface area contributed by atoms with E-state index in [-0.39, 0.29) is 12.1 Å². The van der Waals surface area contributed by atoms with Crippen LogP contribution in [0.15, 0.2) is 59.5 Å². The Morgan fingerprint density at radius 2 is 2.12 bits per heavy atom. The van der Waals surface area contributed by atoms with E-state index in [0.717, 1.165) is 23.8 Å². The Hall–Kier alpha value is -3.02. The molecule has 6 heteroatoms. The van der Waals surface area contributed by atoms with Crippen LogP contribution in [0.25, 0.3) is 0 Å². The third kappa shape index (κ3) is 2.36. The smallest absolute Gasteiger partial charge is 0.258 e. The summed E-state index contributed by atoms with van der Waals surface area (Å²) in [7, 11) is 0. The Balaban J connectivity index is 1.78. The molecule has 1 aromatic carbocycles. The van der Waals surface area contributed by atoms with Crippen LogP contribution >= 0.6 is 0 Å². The van der Waals surface area contributed by atoms with Crippen molar-refractivity contribution in [3.05, 3.63) is 72.2 Å². The van der Waals surface area contributed by atoms with Crippen LogP contribution in [0.5, 0.6) is 0 Å². The number of hydrogen-bond acceptors (Lipinski definition) is 4. The quantitative estimate of drug-likeness (QED) is 0.801. The maximum atomic E-state index is 13.1. The van der Waals surface area contributed by atoms with Gasteiger partial charge in [0.1, 0.15) is 5.76 Å². The monoisotopic (exact) mass is 322 g/mol. The SMILES string of the molecule is CCn1ccnc1[C@H]1Nc2ccccc2C(=O)N1Cc1ccco1. The number of hydrogen-bond donors (Lipinski definition) is 1. The first kappa shape index (κ1) is 14.6. The van der Waals surface area contributed by atoms with Gasteiger partial charge >= 0.3 is 0 Å². The summed E-state index contributed by atoms with van der Waals surface area (Å²) in [5, 5.41) is 3.45. The lowest BCUT2D eigenvalue weighted by Gasteiger charge is -2.37. The first-order valence-corrected chi connectivity index (χ1v) is 7.98. The van der Waals surface area contributed by atoms with Gasteiger partial charge in [0, 0.05) is 24.6 Å². The van der Waals surface area contributed by atoms with E-state index in [1.807, 2.05) is 47.2 Å². The molecule has 6 nitrogen and oxygen atoms in total. The molecule has 3 aromatic rings. The van der Waals surface area contributed by atoms with Gasteiger partial charge in [0.2, 0.25) is 0 Å². The average Bonchev–Trinajstić information content (AvgIpc) is 3.28. The fourth-order valence-corrected chi connectivity index (χ4v) is 3.07. The molecule has 24 heavy (non-hydrogen) atoms. The van der Waals surface area contributed by atoms with Crippen LogP contribution in [-0.4, -0.2) is 20.4 Å². The van der Waals surface area contributed by atoms with Gasteiger partial charge in [-0.25, -0.2) is 4.98 Å². The molecule has 0 fully saturated rings. The normalized spacial score (nSPS) is 16.8. The Kier molecular flexibility index (Phi) is 3.57. The largest absolute Gasteiger partial charge is 0.467 e. The number of furan rings is 1. The van der Waals surface area contributed by atoms with Crippen LogP contribution in [0.2, 0.25) is 0 Å². The highest BCUT2D eigenvalue weighted by Gasteiger charge is 2.35. The van der Waals surface area contributed by atoms with Gasteiger partial charge in [-0.05, 0) is 31.2 Å². The summed E-state index contributed by atoms with van der Waals surface area (Å²) in [5.74, 6) is 1.52. The molecule has 3 heterocycles. The molecular weight excluding hydrogens is 304 g/mol. The molecule has 122 valence electrons. The third-order valence-electron chi connectivity index (χ3n) is 4.26. The highest BCUT2D eigenvalue weighted by Crippen LogP contribution is 2.33. The average molecular weight is 322 g/mol. The Labute approximate surface area is 139 Å². The molecule has 4 rings (SSSR count). The van der Waals surface area contributed by atoms with Crippen molar-refractivity contribution in [2.75, 3.05) is 5.32 Å². The number of fused-ring (bicyclic) bond motifs is 1. The number of aryl methyl sites for hydroxylation is 1. The summed E-state index contributed by atoms with van der Waals surface area (Å²) in [6, 6.07) is 11.2. The van der Waals surface area contributed by atoms with E-state index in [1.165, 1.54) is 0 Å². The number of amides is 1. The number of carbonyl (C=O) groups is 1. The Bertz CT molecular complexity index is 854. The van der Waals surface area contributed by atoms with Gasteiger partial charge in [0.05, 0.1) is 18.4 Å². The predicted molar refractivity (Wildman–Crippen MR) is 89.3 cm³/mol. The van der Waals surface area contributed by atoms with Gasteiger partial charge in [-0.15, -0.1) is 0 Å². The van der Waals surface area contributed by atoms with Gasteiger partial charge in [-0.2, -0.15) is 0 Å². The van der Waals surface area contributed by atoms with Crippen molar-refractivity contribution in [2.24, 2.45) is 0 Å². The predicted octanol–water partition coefficient (Wildman–Crippen LogP) is 3.26. The van der Waals surface area contributed by atoms with E-state index in [2.05, 4.69) is 17.2 Å². The minimum absolute atomic E-state index is 0.0311. The fourth-order valence-electron chi connectivity index (χ4n) is 3.07. The van der Waals surface area contributed by atoms with E-state index in [4.69, 9.17) is 4.42 Å². The number of imidazole rings is 1. The fraction of sp³-hybridized carbons (Fsp3) is 0.222. The molecule has 1 amide bonds. The second-order valence-corrected chi connectivity index (χ2v) is 5.68. The lowest BCUT2D eigenvalue weighted by Crippen LogP contribution is -2.43. The van der Waals surface area contributed by atoms with E-state index in [0.29, 0.717) is 12.1 Å². The molecule has 0 saturated heterocycles. The first-order chi connectivity index (χ1) is 11.8. The van der Waals surface area contributed by atoms with Crippen molar-refractivity contribution in [2.45, 2.75) is 26.2 Å². The van der Waals surface area contributed by atoms with Crippen molar-refractivity contribution in [3.8, 4) is 0 Å². The van der Waals surface area contributed by atoms with Gasteiger partial charge < -0.3 is 19.2 Å². The van der Waals surface area contributed by atoms with Crippen molar-refractivity contribution < 1.29 is 9.21 Å². The number of nitrogens with one attached hydrogen (secondary N) is 1. The number of para-hydroxylation sites is 1. The van der Waals surface area contributed by atoms with Crippen LogP contribution < -0.4 is 5.32 Å². The summed E-state index contributed by atoms with van der Waals surface area (Å²) < 4.78 is 7.48. The summed E-state index contributed by atoms with van der Waals surface area (Å²) in [6.45, 7) is 3.23. The number of carbonyl (C=O) groups excluding carboxylic acids is 1. The van der Waals surface area contributed by atoms with Crippen LogP contribution in [0.4, 0.5) is 5.69 Å². The summed E-state index contributed by atoms with van der Waals surface area (Å²) in [4.78, 5) is 19.3. The van der Waals surface area contributed by atoms with Crippen LogP contribution in [0, 0.1) is 0 Å². The molecular formula is C18H18N4O2. The highest BCUT2D eigenvalue weighted by molar-refractivity contribution is 6.01. The van der Waals surface area contributed by atoms with E-state index in [1.54, 1.807) is 17.4 Å². The van der Waals surface area contributed by atoms with Crippen molar-refractivity contribution in [1.82, 2.24) is 14.5 Å². The third-order valence-corrected chi connectivity index (χ3v) is 4.26. The number of rotatable bonds is 4. The van der Waals surface area contributed by atoms with Gasteiger partial charge in [0.25, 0.3) is 5.91 Å². The molecule has 1 N–H and O–H groups in total. The molecule has 2 aromatic heterocycles. The van der Waals surface area contributed by atoms with Gasteiger partial charge in [-0.1, -0.05) is 12.1 Å². The number of nitrogens with zero attached hydrogens (tertiary/aromatic N) is 3. The van der Waals surface area contributed by atoms with Crippen molar-refractivity contribution >= 4 is 11.6 Å². The molecule has 0 unspecified atom stereocenters. The zero-order valence-corrected chi connectivity index (χ0v) is 13.3. The minimum Gasteiger partial charge on any atom is -0.467 e. The van der Waals surface area contributed by atoms with Crippen molar-refractivity contribution in [1.29, 1.82) is 0 Å². The van der Waals surface area contributed by atoms with E-state index in [9.17, 15) is 4.79 Å². The minimum atomic E-state index is -0.340. The lowest BCUT2D eigenvalue weighted by molar-refractivity contribution is 0.0640. The maximum Gasteiger partial charge on any atom is 0.258 e. The Morgan fingerprint density at radius 1 is 1.25 bits per heavy atom. The number of benzene rings is 1. The molecule has 0 aliphatic carbocycles.